The summed E-state index contributed by atoms with van der Waals surface area (Å²) >= 11 is 0. The Morgan fingerprint density at radius 2 is 1.84 bits per heavy atom. The van der Waals surface area contributed by atoms with E-state index in [-0.39, 0.29) is 11.5 Å². The minimum atomic E-state index is -1.02. The van der Waals surface area contributed by atoms with Crippen molar-refractivity contribution in [1.29, 1.82) is 0 Å². The molecule has 2 rings (SSSR count). The van der Waals surface area contributed by atoms with Crippen LogP contribution in [-0.4, -0.2) is 5.11 Å². The zero-order valence-electron chi connectivity index (χ0n) is 11.6. The molecule has 0 aliphatic heterocycles. The molecule has 106 valence electrons. The second-order valence-electron chi connectivity index (χ2n) is 5.73. The van der Waals surface area contributed by atoms with Gasteiger partial charge in [0.25, 0.3) is 0 Å². The van der Waals surface area contributed by atoms with Gasteiger partial charge in [0.15, 0.2) is 0 Å². The number of hydrogen-bond acceptors (Lipinski definition) is 1. The quantitative estimate of drug-likeness (QED) is 0.854. The summed E-state index contributed by atoms with van der Waals surface area (Å²) in [6, 6.07) is 2.66. The van der Waals surface area contributed by atoms with E-state index in [1.165, 1.54) is 12.1 Å². The van der Waals surface area contributed by atoms with Crippen molar-refractivity contribution in [2.24, 2.45) is 11.8 Å². The fourth-order valence-corrected chi connectivity index (χ4v) is 3.10. The van der Waals surface area contributed by atoms with Crippen LogP contribution in [0.15, 0.2) is 12.1 Å². The normalized spacial score (nSPS) is 25.3. The number of hydrogen-bond donors (Lipinski definition) is 1. The van der Waals surface area contributed by atoms with E-state index in [1.54, 1.807) is 6.92 Å². The summed E-state index contributed by atoms with van der Waals surface area (Å²) in [5.74, 6) is -0.539. The van der Waals surface area contributed by atoms with E-state index in [1.807, 2.05) is 0 Å². The van der Waals surface area contributed by atoms with Gasteiger partial charge in [-0.2, -0.15) is 0 Å². The summed E-state index contributed by atoms with van der Waals surface area (Å²) in [6.45, 7) is 3.76. The highest BCUT2D eigenvalue weighted by atomic mass is 19.1. The van der Waals surface area contributed by atoms with Gasteiger partial charge in [-0.15, -0.1) is 0 Å². The molecule has 0 amide bonds. The predicted octanol–water partition coefficient (Wildman–Crippen LogP) is 4.52. The molecule has 1 aliphatic rings. The molecule has 1 saturated carbocycles. The lowest BCUT2D eigenvalue weighted by Gasteiger charge is -2.31. The molecule has 1 N–H and O–H groups in total. The third-order valence-corrected chi connectivity index (χ3v) is 4.53. The first-order valence-corrected chi connectivity index (χ1v) is 7.17. The smallest absolute Gasteiger partial charge is 0.134 e. The standard InChI is InChI=1S/C16H22F2O/c1-3-11-5-7-12(8-6-11)16(19)14-13(17)9-4-10(2)15(14)18/h4,9,11-12,16,19H,3,5-8H2,1-2H3. The summed E-state index contributed by atoms with van der Waals surface area (Å²) in [4.78, 5) is 0. The number of halogens is 2. The van der Waals surface area contributed by atoms with Gasteiger partial charge in [0.1, 0.15) is 11.6 Å². The zero-order valence-corrected chi connectivity index (χ0v) is 11.6. The predicted molar refractivity (Wildman–Crippen MR) is 71.8 cm³/mol. The molecule has 1 atom stereocenters. The molecule has 0 aromatic heterocycles. The lowest BCUT2D eigenvalue weighted by atomic mass is 9.77. The average Bonchev–Trinajstić information content (AvgIpc) is 2.43. The van der Waals surface area contributed by atoms with E-state index in [0.29, 0.717) is 11.5 Å². The van der Waals surface area contributed by atoms with Crippen molar-refractivity contribution < 1.29 is 13.9 Å². The Bertz CT molecular complexity index is 437. The molecular formula is C16H22F2O. The fraction of sp³-hybridized carbons (Fsp3) is 0.625. The maximum Gasteiger partial charge on any atom is 0.134 e. The number of benzene rings is 1. The summed E-state index contributed by atoms with van der Waals surface area (Å²) in [7, 11) is 0. The van der Waals surface area contributed by atoms with E-state index in [0.717, 1.165) is 32.1 Å². The van der Waals surface area contributed by atoms with E-state index in [9.17, 15) is 13.9 Å². The molecular weight excluding hydrogens is 246 g/mol. The zero-order chi connectivity index (χ0) is 14.0. The van der Waals surface area contributed by atoms with Gasteiger partial charge in [0, 0.05) is 0 Å². The first kappa shape index (κ1) is 14.4. The Balaban J connectivity index is 2.16. The largest absolute Gasteiger partial charge is 0.388 e. The van der Waals surface area contributed by atoms with Crippen LogP contribution in [-0.2, 0) is 0 Å². The van der Waals surface area contributed by atoms with Crippen molar-refractivity contribution >= 4 is 0 Å². The first-order chi connectivity index (χ1) is 9.04. The summed E-state index contributed by atoms with van der Waals surface area (Å²) in [5, 5.41) is 10.3. The monoisotopic (exact) mass is 268 g/mol. The maximum absolute atomic E-state index is 14.0. The molecule has 0 radical (unpaired) electrons. The van der Waals surface area contributed by atoms with Crippen LogP contribution in [0.25, 0.3) is 0 Å². The molecule has 0 saturated heterocycles. The molecule has 1 aromatic rings. The molecule has 1 unspecified atom stereocenters. The van der Waals surface area contributed by atoms with Crippen LogP contribution < -0.4 is 0 Å². The molecule has 0 heterocycles. The van der Waals surface area contributed by atoms with E-state index in [4.69, 9.17) is 0 Å². The third-order valence-electron chi connectivity index (χ3n) is 4.53. The van der Waals surface area contributed by atoms with Crippen LogP contribution in [0, 0.1) is 30.4 Å². The molecule has 1 nitrogen and oxygen atoms in total. The Kier molecular flexibility index (Phi) is 4.56. The van der Waals surface area contributed by atoms with E-state index < -0.39 is 17.7 Å². The highest BCUT2D eigenvalue weighted by Crippen LogP contribution is 2.39. The van der Waals surface area contributed by atoms with Gasteiger partial charge in [0.05, 0.1) is 11.7 Å². The van der Waals surface area contributed by atoms with Crippen LogP contribution in [0.1, 0.15) is 56.3 Å². The molecule has 0 spiro atoms. The molecule has 19 heavy (non-hydrogen) atoms. The maximum atomic E-state index is 14.0. The highest BCUT2D eigenvalue weighted by molar-refractivity contribution is 5.28. The summed E-state index contributed by atoms with van der Waals surface area (Å²) < 4.78 is 27.8. The lowest BCUT2D eigenvalue weighted by Crippen LogP contribution is -2.22. The Labute approximate surface area is 113 Å². The van der Waals surface area contributed by atoms with Gasteiger partial charge in [-0.05, 0) is 43.2 Å². The van der Waals surface area contributed by atoms with Crippen LogP contribution in [0.5, 0.6) is 0 Å². The van der Waals surface area contributed by atoms with Crippen LogP contribution in [0.2, 0.25) is 0 Å². The summed E-state index contributed by atoms with van der Waals surface area (Å²) in [5.41, 5.74) is 0.248. The topological polar surface area (TPSA) is 20.2 Å². The highest BCUT2D eigenvalue weighted by Gasteiger charge is 2.30. The van der Waals surface area contributed by atoms with Crippen molar-refractivity contribution in [2.75, 3.05) is 0 Å². The minimum Gasteiger partial charge on any atom is -0.388 e. The SMILES string of the molecule is CCC1CCC(C(O)c2c(F)ccc(C)c2F)CC1. The average molecular weight is 268 g/mol. The fourth-order valence-electron chi connectivity index (χ4n) is 3.10. The first-order valence-electron chi connectivity index (χ1n) is 7.17. The number of aliphatic hydroxyl groups excluding tert-OH is 1. The number of aliphatic hydroxyl groups is 1. The molecule has 3 heteroatoms. The van der Waals surface area contributed by atoms with Crippen LogP contribution in [0.3, 0.4) is 0 Å². The van der Waals surface area contributed by atoms with Crippen molar-refractivity contribution in [3.63, 3.8) is 0 Å². The molecule has 1 aliphatic carbocycles. The van der Waals surface area contributed by atoms with Gasteiger partial charge < -0.3 is 5.11 Å². The Hall–Kier alpha value is -0.960. The van der Waals surface area contributed by atoms with Gasteiger partial charge in [0.2, 0.25) is 0 Å². The molecule has 1 aromatic carbocycles. The third kappa shape index (κ3) is 2.97. The van der Waals surface area contributed by atoms with Crippen molar-refractivity contribution in [1.82, 2.24) is 0 Å². The lowest BCUT2D eigenvalue weighted by molar-refractivity contribution is 0.0669. The van der Waals surface area contributed by atoms with Gasteiger partial charge in [-0.3, -0.25) is 0 Å². The number of aryl methyl sites for hydroxylation is 1. The Morgan fingerprint density at radius 3 is 2.42 bits per heavy atom. The second-order valence-corrected chi connectivity index (χ2v) is 5.73. The van der Waals surface area contributed by atoms with Gasteiger partial charge >= 0.3 is 0 Å². The Morgan fingerprint density at radius 1 is 1.21 bits per heavy atom. The van der Waals surface area contributed by atoms with Crippen molar-refractivity contribution in [3.05, 3.63) is 34.9 Å². The van der Waals surface area contributed by atoms with Crippen molar-refractivity contribution in [2.45, 2.75) is 52.1 Å². The van der Waals surface area contributed by atoms with Crippen LogP contribution in [0.4, 0.5) is 8.78 Å². The van der Waals surface area contributed by atoms with E-state index in [2.05, 4.69) is 6.92 Å². The van der Waals surface area contributed by atoms with E-state index >= 15 is 0 Å². The van der Waals surface area contributed by atoms with Crippen LogP contribution >= 0.6 is 0 Å². The molecule has 1 fully saturated rings. The minimum absolute atomic E-state index is 0.0198. The van der Waals surface area contributed by atoms with Gasteiger partial charge in [-0.1, -0.05) is 32.3 Å². The van der Waals surface area contributed by atoms with Crippen molar-refractivity contribution in [3.8, 4) is 0 Å². The second kappa shape index (κ2) is 6.00. The number of rotatable bonds is 3. The summed E-state index contributed by atoms with van der Waals surface area (Å²) in [6.07, 6.45) is 3.94. The van der Waals surface area contributed by atoms with Gasteiger partial charge in [-0.25, -0.2) is 8.78 Å². The molecule has 0 bridgehead atoms.